The molecule has 5 heterocycles. The van der Waals surface area contributed by atoms with Crippen molar-refractivity contribution < 1.29 is 23.5 Å². The Balaban J connectivity index is 1.31. The van der Waals surface area contributed by atoms with Crippen LogP contribution in [-0.2, 0) is 9.53 Å². The van der Waals surface area contributed by atoms with Crippen molar-refractivity contribution in [2.45, 2.75) is 76.1 Å². The van der Waals surface area contributed by atoms with Crippen LogP contribution < -0.4 is 15.4 Å². The largest absolute Gasteiger partial charge is 0.461 e. The maximum atomic E-state index is 16.9. The minimum atomic E-state index is -0.890. The van der Waals surface area contributed by atoms with E-state index < -0.39 is 35.5 Å². The number of halogens is 2. The number of amides is 2. The van der Waals surface area contributed by atoms with Crippen LogP contribution in [0, 0.1) is 5.82 Å². The van der Waals surface area contributed by atoms with E-state index in [4.69, 9.17) is 31.8 Å². The van der Waals surface area contributed by atoms with Gasteiger partial charge in [-0.15, -0.1) is 0 Å². The number of ether oxygens (including phenoxy) is 2. The second kappa shape index (κ2) is 12.5. The molecule has 11 nitrogen and oxygen atoms in total. The zero-order valence-electron chi connectivity index (χ0n) is 28.2. The smallest absolute Gasteiger partial charge is 0.411 e. The van der Waals surface area contributed by atoms with E-state index in [1.54, 1.807) is 46.1 Å². The number of nitrogens with zero attached hydrogens (tertiary/aromatic N) is 6. The predicted molar refractivity (Wildman–Crippen MR) is 186 cm³/mol. The summed E-state index contributed by atoms with van der Waals surface area (Å²) in [6.07, 6.45) is 5.40. The van der Waals surface area contributed by atoms with Crippen LogP contribution in [-0.4, -0.2) is 93.3 Å². The van der Waals surface area contributed by atoms with Crippen LogP contribution in [0.25, 0.3) is 32.9 Å². The standard InChI is InChI=1S/C36H41ClFN7O4/c1-35(2,3)49-34(47)45-19-22(17-26(45)31(39)46)43(4)32-24-18-40-29(23-11-5-9-21-10-6-12-25(37)27(21)23)28(38)30(24)41-33(42-32)48-20-36-13-7-15-44(36)16-8-14-36/h5-6,9-12,18,22,26H,7-8,13-17,19-20H2,1-4H3,(H2,39,46). The number of primary amides is 1. The van der Waals surface area contributed by atoms with E-state index in [0.717, 1.165) is 44.2 Å². The first kappa shape index (κ1) is 33.2. The van der Waals surface area contributed by atoms with Crippen molar-refractivity contribution in [3.8, 4) is 17.3 Å². The summed E-state index contributed by atoms with van der Waals surface area (Å²) in [5.41, 5.74) is 5.60. The number of likely N-dealkylation sites (tertiary alicyclic amines) is 1. The molecule has 4 aromatic rings. The van der Waals surface area contributed by atoms with E-state index in [9.17, 15) is 9.59 Å². The topological polar surface area (TPSA) is 127 Å². The molecule has 13 heteroatoms. The normalized spacial score (nSPS) is 20.6. The average molecular weight is 690 g/mol. The van der Waals surface area contributed by atoms with Gasteiger partial charge in [-0.2, -0.15) is 9.97 Å². The number of carbonyl (C=O) groups excluding carboxylic acids is 2. The molecule has 2 N–H and O–H groups in total. The minimum Gasteiger partial charge on any atom is -0.461 e. The highest BCUT2D eigenvalue weighted by atomic mass is 35.5. The van der Waals surface area contributed by atoms with Gasteiger partial charge >= 0.3 is 12.1 Å². The predicted octanol–water partition coefficient (Wildman–Crippen LogP) is 5.94. The lowest BCUT2D eigenvalue weighted by atomic mass is 9.95. The van der Waals surface area contributed by atoms with Crippen molar-refractivity contribution in [2.75, 3.05) is 38.2 Å². The van der Waals surface area contributed by atoms with Crippen molar-refractivity contribution in [1.29, 1.82) is 0 Å². The van der Waals surface area contributed by atoms with Crippen LogP contribution in [0.15, 0.2) is 42.6 Å². The third-order valence-electron chi connectivity index (χ3n) is 10.2. The highest BCUT2D eigenvalue weighted by molar-refractivity contribution is 6.36. The van der Waals surface area contributed by atoms with Crippen LogP contribution in [0.4, 0.5) is 15.0 Å². The van der Waals surface area contributed by atoms with Gasteiger partial charge in [0.25, 0.3) is 0 Å². The fraction of sp³-hybridized carbons (Fsp3) is 0.472. The highest BCUT2D eigenvalue weighted by Crippen LogP contribution is 2.41. The van der Waals surface area contributed by atoms with Gasteiger partial charge in [0.15, 0.2) is 5.82 Å². The average Bonchev–Trinajstić information content (AvgIpc) is 3.78. The number of fused-ring (bicyclic) bond motifs is 3. The van der Waals surface area contributed by atoms with Gasteiger partial charge < -0.3 is 20.1 Å². The Bertz CT molecular complexity index is 1940. The first-order valence-electron chi connectivity index (χ1n) is 16.8. The lowest BCUT2D eigenvalue weighted by molar-refractivity contribution is -0.122. The van der Waals surface area contributed by atoms with Gasteiger partial charge in [-0.25, -0.2) is 9.18 Å². The number of hydrogen-bond acceptors (Lipinski definition) is 9. The van der Waals surface area contributed by atoms with Gasteiger partial charge in [-0.05, 0) is 77.4 Å². The Morgan fingerprint density at radius 3 is 2.53 bits per heavy atom. The van der Waals surface area contributed by atoms with Crippen molar-refractivity contribution >= 4 is 51.1 Å². The molecular weight excluding hydrogens is 649 g/mol. The van der Waals surface area contributed by atoms with Gasteiger partial charge in [0.1, 0.15) is 35.3 Å². The maximum absolute atomic E-state index is 16.9. The first-order valence-corrected chi connectivity index (χ1v) is 17.2. The molecule has 2 aromatic carbocycles. The molecule has 2 atom stereocenters. The lowest BCUT2D eigenvalue weighted by Gasteiger charge is -2.31. The number of hydrogen-bond donors (Lipinski definition) is 1. The maximum Gasteiger partial charge on any atom is 0.411 e. The van der Waals surface area contributed by atoms with Gasteiger partial charge in [-0.3, -0.25) is 19.6 Å². The summed E-state index contributed by atoms with van der Waals surface area (Å²) in [5, 5.41) is 2.39. The summed E-state index contributed by atoms with van der Waals surface area (Å²) in [4.78, 5) is 45.4. The lowest BCUT2D eigenvalue weighted by Crippen LogP contribution is -2.46. The summed E-state index contributed by atoms with van der Waals surface area (Å²) in [6, 6.07) is 9.83. The molecule has 2 amide bonds. The number of benzene rings is 2. The summed E-state index contributed by atoms with van der Waals surface area (Å²) in [5.74, 6) is -0.910. The van der Waals surface area contributed by atoms with Crippen LogP contribution in [0.3, 0.4) is 0 Å². The molecule has 0 bridgehead atoms. The van der Waals surface area contributed by atoms with Crippen molar-refractivity contribution in [3.63, 3.8) is 0 Å². The zero-order chi connectivity index (χ0) is 34.7. The second-order valence-electron chi connectivity index (χ2n) is 14.4. The number of pyridine rings is 1. The molecule has 0 saturated carbocycles. The number of likely N-dealkylation sites (N-methyl/N-ethyl adjacent to an activating group) is 1. The molecule has 3 fully saturated rings. The SMILES string of the molecule is CN(c1nc(OCC23CCCN2CCC3)nc2c(F)c(-c3cccc4cccc(Cl)c34)ncc12)C1CC(C(N)=O)N(C(=O)OC(C)(C)C)C1. The second-order valence-corrected chi connectivity index (χ2v) is 14.8. The van der Waals surface area contributed by atoms with Crippen molar-refractivity contribution in [2.24, 2.45) is 5.73 Å². The van der Waals surface area contributed by atoms with Crippen LogP contribution in [0.5, 0.6) is 6.01 Å². The molecule has 0 radical (unpaired) electrons. The third kappa shape index (κ3) is 6.09. The molecule has 3 aliphatic heterocycles. The monoisotopic (exact) mass is 689 g/mol. The molecule has 2 unspecified atom stereocenters. The molecule has 3 saturated heterocycles. The Labute approximate surface area is 289 Å². The van der Waals surface area contributed by atoms with E-state index in [2.05, 4.69) is 14.9 Å². The summed E-state index contributed by atoms with van der Waals surface area (Å²) < 4.78 is 28.8. The highest BCUT2D eigenvalue weighted by Gasteiger charge is 2.46. The van der Waals surface area contributed by atoms with Crippen LogP contribution in [0.1, 0.15) is 52.9 Å². The van der Waals surface area contributed by atoms with Crippen molar-refractivity contribution in [1.82, 2.24) is 24.8 Å². The first-order chi connectivity index (χ1) is 23.3. The Morgan fingerprint density at radius 2 is 1.84 bits per heavy atom. The van der Waals surface area contributed by atoms with Gasteiger partial charge in [0.05, 0.1) is 17.0 Å². The number of anilines is 1. The van der Waals surface area contributed by atoms with E-state index in [0.29, 0.717) is 33.8 Å². The molecule has 7 rings (SSSR count). The number of rotatable bonds is 7. The number of carbonyl (C=O) groups is 2. The number of nitrogens with two attached hydrogens (primary N) is 1. The molecule has 3 aliphatic rings. The third-order valence-corrected chi connectivity index (χ3v) is 10.5. The Morgan fingerprint density at radius 1 is 1.12 bits per heavy atom. The molecule has 2 aromatic heterocycles. The molecule has 0 aliphatic carbocycles. The van der Waals surface area contributed by atoms with Crippen LogP contribution >= 0.6 is 11.6 Å². The van der Waals surface area contributed by atoms with Gasteiger partial charge in [0.2, 0.25) is 5.91 Å². The Hall–Kier alpha value is -4.29. The molecule has 49 heavy (non-hydrogen) atoms. The van der Waals surface area contributed by atoms with Gasteiger partial charge in [0, 0.05) is 35.8 Å². The van der Waals surface area contributed by atoms with Crippen LogP contribution in [0.2, 0.25) is 5.02 Å². The van der Waals surface area contributed by atoms with E-state index in [1.807, 2.05) is 29.2 Å². The van der Waals surface area contributed by atoms with E-state index in [-0.39, 0.29) is 35.7 Å². The molecule has 0 spiro atoms. The quantitative estimate of drug-likeness (QED) is 0.251. The fourth-order valence-corrected chi connectivity index (χ4v) is 8.04. The summed E-state index contributed by atoms with van der Waals surface area (Å²) in [7, 11) is 1.79. The van der Waals surface area contributed by atoms with E-state index in [1.165, 1.54) is 4.90 Å². The molecule has 258 valence electrons. The van der Waals surface area contributed by atoms with Gasteiger partial charge in [-0.1, -0.05) is 41.9 Å². The zero-order valence-corrected chi connectivity index (χ0v) is 29.0. The van der Waals surface area contributed by atoms with Crippen molar-refractivity contribution in [3.05, 3.63) is 53.4 Å². The molecular formula is C36H41ClFN7O4. The minimum absolute atomic E-state index is 0.0431. The fourth-order valence-electron chi connectivity index (χ4n) is 7.75. The number of aromatic nitrogens is 3. The summed E-state index contributed by atoms with van der Waals surface area (Å²) in [6.45, 7) is 7.87. The summed E-state index contributed by atoms with van der Waals surface area (Å²) >= 11 is 6.62. The Kier molecular flexibility index (Phi) is 8.51. The van der Waals surface area contributed by atoms with E-state index >= 15 is 4.39 Å².